The van der Waals surface area contributed by atoms with Gasteiger partial charge in [-0.1, -0.05) is 19.1 Å². The summed E-state index contributed by atoms with van der Waals surface area (Å²) in [5.41, 5.74) is -3.29. The van der Waals surface area contributed by atoms with Gasteiger partial charge in [0.2, 0.25) is 0 Å². The monoisotopic (exact) mass is 277 g/mol. The van der Waals surface area contributed by atoms with Gasteiger partial charge in [0.05, 0.1) is 0 Å². The Morgan fingerprint density at radius 3 is 2.67 bits per heavy atom. The highest BCUT2D eigenvalue weighted by atomic mass is 32.2. The highest BCUT2D eigenvalue weighted by Crippen LogP contribution is 2.36. The van der Waals surface area contributed by atoms with Gasteiger partial charge in [0, 0.05) is 10.9 Å². The van der Waals surface area contributed by atoms with Crippen molar-refractivity contribution in [2.24, 2.45) is 0 Å². The lowest BCUT2D eigenvalue weighted by Gasteiger charge is -2.14. The zero-order valence-electron chi connectivity index (χ0n) is 10.6. The van der Waals surface area contributed by atoms with Gasteiger partial charge in [0.25, 0.3) is 0 Å². The highest BCUT2D eigenvalue weighted by molar-refractivity contribution is 8.00. The van der Waals surface area contributed by atoms with Gasteiger partial charge in [-0.3, -0.25) is 0 Å². The smallest absolute Gasteiger partial charge is 0.314 e. The van der Waals surface area contributed by atoms with Gasteiger partial charge in [-0.15, -0.1) is 0 Å². The summed E-state index contributed by atoms with van der Waals surface area (Å²) >= 11 is -0.0606. The topological polar surface area (TPSA) is 12.0 Å². The van der Waals surface area contributed by atoms with Crippen LogP contribution in [0.2, 0.25) is 0 Å². The Morgan fingerprint density at radius 1 is 1.33 bits per heavy atom. The van der Waals surface area contributed by atoms with Crippen molar-refractivity contribution < 1.29 is 13.2 Å². The van der Waals surface area contributed by atoms with E-state index in [9.17, 15) is 13.2 Å². The highest BCUT2D eigenvalue weighted by Gasteiger charge is 2.29. The normalized spacial score (nSPS) is 13.6. The second kappa shape index (κ2) is 7.04. The minimum atomic E-state index is -4.22. The van der Waals surface area contributed by atoms with Crippen molar-refractivity contribution in [2.45, 2.75) is 43.1 Å². The number of rotatable bonds is 6. The molecule has 1 unspecified atom stereocenters. The van der Waals surface area contributed by atoms with Crippen molar-refractivity contribution in [1.29, 1.82) is 0 Å². The molecular formula is C13H18F3NS. The number of nitrogens with one attached hydrogen (secondary N) is 1. The Kier molecular flexibility index (Phi) is 6.02. The summed E-state index contributed by atoms with van der Waals surface area (Å²) in [6, 6.07) is 6.92. The predicted molar refractivity (Wildman–Crippen MR) is 69.8 cm³/mol. The first-order valence-electron chi connectivity index (χ1n) is 5.99. The largest absolute Gasteiger partial charge is 0.446 e. The van der Waals surface area contributed by atoms with E-state index in [1.807, 2.05) is 13.0 Å². The van der Waals surface area contributed by atoms with Crippen molar-refractivity contribution in [1.82, 2.24) is 5.32 Å². The van der Waals surface area contributed by atoms with Crippen molar-refractivity contribution in [2.75, 3.05) is 6.54 Å². The van der Waals surface area contributed by atoms with Crippen LogP contribution < -0.4 is 5.32 Å². The van der Waals surface area contributed by atoms with Crippen molar-refractivity contribution in [3.8, 4) is 0 Å². The summed E-state index contributed by atoms with van der Waals surface area (Å²) in [5.74, 6) is 0. The van der Waals surface area contributed by atoms with Crippen LogP contribution in [0.25, 0.3) is 0 Å². The Balaban J connectivity index is 2.59. The van der Waals surface area contributed by atoms with E-state index < -0.39 is 5.51 Å². The molecule has 0 saturated carbocycles. The van der Waals surface area contributed by atoms with Gasteiger partial charge in [-0.2, -0.15) is 13.2 Å². The van der Waals surface area contributed by atoms with Crippen LogP contribution in [0.5, 0.6) is 0 Å². The summed E-state index contributed by atoms with van der Waals surface area (Å²) in [6.45, 7) is 5.05. The Bertz CT molecular complexity index is 365. The fourth-order valence-electron chi connectivity index (χ4n) is 1.69. The van der Waals surface area contributed by atoms with E-state index in [0.717, 1.165) is 24.9 Å². The SMILES string of the molecule is CCCNC(C)Cc1cccc(SC(F)(F)F)c1. The van der Waals surface area contributed by atoms with Crippen molar-refractivity contribution in [3.63, 3.8) is 0 Å². The molecule has 102 valence electrons. The third-order valence-corrected chi connectivity index (χ3v) is 3.14. The van der Waals surface area contributed by atoms with Crippen LogP contribution in [0.1, 0.15) is 25.8 Å². The number of hydrogen-bond acceptors (Lipinski definition) is 2. The number of benzene rings is 1. The molecule has 5 heteroatoms. The third-order valence-electron chi connectivity index (χ3n) is 2.42. The molecule has 0 aliphatic heterocycles. The van der Waals surface area contributed by atoms with E-state index in [-0.39, 0.29) is 22.7 Å². The third kappa shape index (κ3) is 6.31. The van der Waals surface area contributed by atoms with Crippen LogP contribution in [-0.2, 0) is 6.42 Å². The summed E-state index contributed by atoms with van der Waals surface area (Å²) in [5, 5.41) is 3.32. The quantitative estimate of drug-likeness (QED) is 0.781. The van der Waals surface area contributed by atoms with Crippen LogP contribution in [0, 0.1) is 0 Å². The molecule has 1 aromatic rings. The van der Waals surface area contributed by atoms with Gasteiger partial charge in [-0.05, 0) is 55.8 Å². The van der Waals surface area contributed by atoms with Crippen LogP contribution in [0.15, 0.2) is 29.2 Å². The summed E-state index contributed by atoms with van der Waals surface area (Å²) in [7, 11) is 0. The minimum absolute atomic E-state index is 0.0606. The molecule has 1 rings (SSSR count). The predicted octanol–water partition coefficient (Wildman–Crippen LogP) is 4.23. The van der Waals surface area contributed by atoms with Crippen LogP contribution in [0.3, 0.4) is 0 Å². The Labute approximate surface area is 110 Å². The molecule has 1 N–H and O–H groups in total. The van der Waals surface area contributed by atoms with E-state index in [4.69, 9.17) is 0 Å². The van der Waals surface area contributed by atoms with E-state index in [0.29, 0.717) is 0 Å². The number of thioether (sulfide) groups is 1. The molecule has 0 aromatic heterocycles. The number of halogens is 3. The van der Waals surface area contributed by atoms with Crippen molar-refractivity contribution in [3.05, 3.63) is 29.8 Å². The maximum absolute atomic E-state index is 12.3. The van der Waals surface area contributed by atoms with E-state index in [2.05, 4.69) is 12.2 Å². The lowest BCUT2D eigenvalue weighted by Crippen LogP contribution is -2.28. The van der Waals surface area contributed by atoms with E-state index in [1.165, 1.54) is 6.07 Å². The zero-order valence-corrected chi connectivity index (χ0v) is 11.4. The zero-order chi connectivity index (χ0) is 13.6. The average Bonchev–Trinajstić information content (AvgIpc) is 2.24. The lowest BCUT2D eigenvalue weighted by molar-refractivity contribution is -0.0328. The molecule has 0 amide bonds. The fourth-order valence-corrected chi connectivity index (χ4v) is 2.31. The Morgan fingerprint density at radius 2 is 2.06 bits per heavy atom. The molecular weight excluding hydrogens is 259 g/mol. The molecule has 0 heterocycles. The van der Waals surface area contributed by atoms with Gasteiger partial charge in [-0.25, -0.2) is 0 Å². The first-order valence-corrected chi connectivity index (χ1v) is 6.80. The number of hydrogen-bond donors (Lipinski definition) is 1. The van der Waals surface area contributed by atoms with E-state index in [1.54, 1.807) is 12.1 Å². The standard InChI is InChI=1S/C13H18F3NS/c1-3-7-17-10(2)8-11-5-4-6-12(9-11)18-13(14,15)16/h4-6,9-10,17H,3,7-8H2,1-2H3. The lowest BCUT2D eigenvalue weighted by atomic mass is 10.1. The van der Waals surface area contributed by atoms with E-state index >= 15 is 0 Å². The van der Waals surface area contributed by atoms with Gasteiger partial charge in [0.15, 0.2) is 0 Å². The average molecular weight is 277 g/mol. The van der Waals surface area contributed by atoms with Gasteiger partial charge in [0.1, 0.15) is 0 Å². The van der Waals surface area contributed by atoms with Crippen LogP contribution in [-0.4, -0.2) is 18.1 Å². The second-order valence-electron chi connectivity index (χ2n) is 4.25. The molecule has 0 radical (unpaired) electrons. The summed E-state index contributed by atoms with van der Waals surface area (Å²) in [4.78, 5) is 0.252. The molecule has 0 aliphatic rings. The minimum Gasteiger partial charge on any atom is -0.314 e. The molecule has 0 saturated heterocycles. The van der Waals surface area contributed by atoms with Gasteiger partial charge >= 0.3 is 5.51 Å². The van der Waals surface area contributed by atoms with Gasteiger partial charge < -0.3 is 5.32 Å². The summed E-state index contributed by atoms with van der Waals surface area (Å²) in [6.07, 6.45) is 1.79. The fraction of sp³-hybridized carbons (Fsp3) is 0.538. The maximum Gasteiger partial charge on any atom is 0.446 e. The molecule has 1 nitrogen and oxygen atoms in total. The summed E-state index contributed by atoms with van der Waals surface area (Å²) < 4.78 is 36.8. The maximum atomic E-state index is 12.3. The van der Waals surface area contributed by atoms with Crippen molar-refractivity contribution >= 4 is 11.8 Å². The molecule has 0 aliphatic carbocycles. The van der Waals surface area contributed by atoms with Crippen LogP contribution >= 0.6 is 11.8 Å². The molecule has 0 fully saturated rings. The first kappa shape index (κ1) is 15.4. The molecule has 0 bridgehead atoms. The molecule has 0 spiro atoms. The molecule has 18 heavy (non-hydrogen) atoms. The number of alkyl halides is 3. The first-order chi connectivity index (χ1) is 8.40. The molecule has 1 aromatic carbocycles. The second-order valence-corrected chi connectivity index (χ2v) is 5.39. The van der Waals surface area contributed by atoms with Crippen LogP contribution in [0.4, 0.5) is 13.2 Å². The molecule has 1 atom stereocenters. The Hall–Kier alpha value is -0.680.